The van der Waals surface area contributed by atoms with Crippen molar-refractivity contribution in [1.29, 1.82) is 0 Å². The highest BCUT2D eigenvalue weighted by molar-refractivity contribution is 7.47. The van der Waals surface area contributed by atoms with Crippen LogP contribution in [0, 0.1) is 17.8 Å². The molecule has 0 aromatic rings. The molecule has 0 spiro atoms. The lowest BCUT2D eigenvalue weighted by atomic mass is 10.0. The van der Waals surface area contributed by atoms with Crippen molar-refractivity contribution in [3.63, 3.8) is 0 Å². The summed E-state index contributed by atoms with van der Waals surface area (Å²) in [7, 11) is -9.91. The minimum Gasteiger partial charge on any atom is -0.462 e. The maximum absolute atomic E-state index is 13.1. The van der Waals surface area contributed by atoms with E-state index in [0.29, 0.717) is 31.6 Å². The number of esters is 4. The summed E-state index contributed by atoms with van der Waals surface area (Å²) < 4.78 is 68.4. The Hall–Kier alpha value is -1.94. The van der Waals surface area contributed by atoms with Crippen molar-refractivity contribution in [2.75, 3.05) is 39.6 Å². The van der Waals surface area contributed by atoms with Crippen molar-refractivity contribution in [3.05, 3.63) is 0 Å². The second kappa shape index (κ2) is 64.7. The highest BCUT2D eigenvalue weighted by Gasteiger charge is 2.30. The molecule has 0 rings (SSSR count). The highest BCUT2D eigenvalue weighted by atomic mass is 31.2. The van der Waals surface area contributed by atoms with Gasteiger partial charge in [0.15, 0.2) is 12.2 Å². The number of phosphoric ester groups is 2. The van der Waals surface area contributed by atoms with Crippen LogP contribution in [0.5, 0.6) is 0 Å². The molecule has 93 heavy (non-hydrogen) atoms. The Morgan fingerprint density at radius 3 is 0.731 bits per heavy atom. The summed E-state index contributed by atoms with van der Waals surface area (Å²) in [4.78, 5) is 72.7. The van der Waals surface area contributed by atoms with Gasteiger partial charge in [0.1, 0.15) is 19.3 Å². The second-order valence-electron chi connectivity index (χ2n) is 28.1. The van der Waals surface area contributed by atoms with E-state index < -0.39 is 97.5 Å². The molecule has 0 saturated heterocycles. The van der Waals surface area contributed by atoms with Crippen molar-refractivity contribution in [2.24, 2.45) is 17.8 Å². The van der Waals surface area contributed by atoms with Crippen LogP contribution in [-0.2, 0) is 65.4 Å². The standard InChI is InChI=1S/C74H144O17P2/c1-8-9-10-11-12-13-14-17-21-28-35-43-50-57-73(78)91-70(62-85-72(77)56-49-42-37-30-33-40-47-54-67(6)7)64-89-93(82,83)87-60-68(75)59-86-92(80,81)88-63-69(61-84-71(76)55-48-41-34-27-24-23-26-32-39-46-53-66(4)5)90-74(79)58-51-44-36-29-22-19-16-15-18-20-25-31-38-45-52-65(2)3/h65-70,75H,8-64H2,1-7H3,(H,80,81)(H,82,83)/t68-,69-,70-/m1/s1. The molecule has 5 atom stereocenters. The van der Waals surface area contributed by atoms with Gasteiger partial charge in [-0.1, -0.05) is 325 Å². The summed E-state index contributed by atoms with van der Waals surface area (Å²) in [5.74, 6) is 0.139. The van der Waals surface area contributed by atoms with E-state index in [9.17, 15) is 43.2 Å². The van der Waals surface area contributed by atoms with Gasteiger partial charge in [0, 0.05) is 25.7 Å². The zero-order valence-corrected chi connectivity index (χ0v) is 62.5. The van der Waals surface area contributed by atoms with Crippen LogP contribution in [-0.4, -0.2) is 96.7 Å². The average molecular weight is 1370 g/mol. The van der Waals surface area contributed by atoms with E-state index in [1.807, 2.05) is 0 Å². The van der Waals surface area contributed by atoms with Crippen LogP contribution in [0.25, 0.3) is 0 Å². The van der Waals surface area contributed by atoms with Crippen molar-refractivity contribution < 1.29 is 80.2 Å². The highest BCUT2D eigenvalue weighted by Crippen LogP contribution is 2.45. The number of hydrogen-bond donors (Lipinski definition) is 3. The maximum Gasteiger partial charge on any atom is 0.472 e. The van der Waals surface area contributed by atoms with Crippen molar-refractivity contribution in [1.82, 2.24) is 0 Å². The van der Waals surface area contributed by atoms with Crippen molar-refractivity contribution in [3.8, 4) is 0 Å². The van der Waals surface area contributed by atoms with E-state index >= 15 is 0 Å². The smallest absolute Gasteiger partial charge is 0.462 e. The second-order valence-corrected chi connectivity index (χ2v) is 31.0. The molecule has 0 amide bonds. The molecule has 0 aliphatic heterocycles. The van der Waals surface area contributed by atoms with Gasteiger partial charge >= 0.3 is 39.5 Å². The maximum atomic E-state index is 13.1. The number of carbonyl (C=O) groups is 4. The average Bonchev–Trinajstić information content (AvgIpc) is 2.19. The van der Waals surface area contributed by atoms with E-state index in [4.69, 9.17) is 37.0 Å². The number of aliphatic hydroxyl groups excluding tert-OH is 1. The molecule has 0 aromatic heterocycles. The molecule has 0 heterocycles. The quantitative estimate of drug-likeness (QED) is 0.0222. The molecular weight excluding hydrogens is 1220 g/mol. The number of ether oxygens (including phenoxy) is 4. The number of carbonyl (C=O) groups excluding carboxylic acids is 4. The first-order valence-corrected chi connectivity index (χ1v) is 41.3. The van der Waals surface area contributed by atoms with Crippen molar-refractivity contribution in [2.45, 2.75) is 394 Å². The van der Waals surface area contributed by atoms with Crippen LogP contribution in [0.4, 0.5) is 0 Å². The van der Waals surface area contributed by atoms with E-state index in [0.717, 1.165) is 108 Å². The molecule has 0 aromatic carbocycles. The van der Waals surface area contributed by atoms with E-state index in [-0.39, 0.29) is 25.7 Å². The van der Waals surface area contributed by atoms with Gasteiger partial charge < -0.3 is 33.8 Å². The SMILES string of the molecule is CCCCCCCCCCCCCCCC(=O)O[C@H](COC(=O)CCCCCCCCCC(C)C)COP(=O)(O)OC[C@H](O)COP(=O)(O)OC[C@@H](COC(=O)CCCCCCCCCCCCC(C)C)OC(=O)CCCCCCCCCCCCCCCCC(C)C. The van der Waals surface area contributed by atoms with E-state index in [1.54, 1.807) is 0 Å². The molecule has 0 aliphatic carbocycles. The third-order valence-electron chi connectivity index (χ3n) is 17.1. The van der Waals surface area contributed by atoms with Gasteiger partial charge in [-0.15, -0.1) is 0 Å². The molecule has 0 radical (unpaired) electrons. The Labute approximate surface area is 568 Å². The van der Waals surface area contributed by atoms with Gasteiger partial charge in [-0.3, -0.25) is 37.3 Å². The fourth-order valence-electron chi connectivity index (χ4n) is 11.2. The van der Waals surface area contributed by atoms with Gasteiger partial charge in [-0.05, 0) is 43.4 Å². The van der Waals surface area contributed by atoms with Gasteiger partial charge in [-0.2, -0.15) is 0 Å². The van der Waals surface area contributed by atoms with Crippen molar-refractivity contribution >= 4 is 39.5 Å². The molecule has 0 bridgehead atoms. The van der Waals surface area contributed by atoms with Gasteiger partial charge in [-0.25, -0.2) is 9.13 Å². The van der Waals surface area contributed by atoms with E-state index in [1.165, 1.54) is 180 Å². The lowest BCUT2D eigenvalue weighted by molar-refractivity contribution is -0.161. The molecule has 0 saturated carbocycles. The minimum atomic E-state index is -4.96. The monoisotopic (exact) mass is 1370 g/mol. The largest absolute Gasteiger partial charge is 0.472 e. The number of rotatable bonds is 72. The predicted molar refractivity (Wildman–Crippen MR) is 377 cm³/mol. The van der Waals surface area contributed by atoms with Crippen LogP contribution >= 0.6 is 15.6 Å². The minimum absolute atomic E-state index is 0.107. The molecule has 0 aliphatic rings. The lowest BCUT2D eigenvalue weighted by Crippen LogP contribution is -2.30. The molecule has 3 N–H and O–H groups in total. The fraction of sp³-hybridized carbons (Fsp3) is 0.946. The predicted octanol–water partition coefficient (Wildman–Crippen LogP) is 21.4. The Bertz CT molecular complexity index is 1820. The van der Waals surface area contributed by atoms with E-state index in [2.05, 4.69) is 48.5 Å². The number of aliphatic hydroxyl groups is 1. The third-order valence-corrected chi connectivity index (χ3v) is 19.0. The zero-order valence-electron chi connectivity index (χ0n) is 60.7. The lowest BCUT2D eigenvalue weighted by Gasteiger charge is -2.21. The number of unbranched alkanes of at least 4 members (excludes halogenated alkanes) is 40. The molecule has 552 valence electrons. The Kier molecular flexibility index (Phi) is 63.4. The van der Waals surface area contributed by atoms with Gasteiger partial charge in [0.2, 0.25) is 0 Å². The van der Waals surface area contributed by atoms with Crippen LogP contribution < -0.4 is 0 Å². The molecule has 2 unspecified atom stereocenters. The van der Waals surface area contributed by atoms with Crippen LogP contribution in [0.1, 0.15) is 376 Å². The molecule has 0 fully saturated rings. The van der Waals surface area contributed by atoms with Crippen LogP contribution in [0.15, 0.2) is 0 Å². The molecule has 19 heteroatoms. The third kappa shape index (κ3) is 68.4. The fourth-order valence-corrected chi connectivity index (χ4v) is 12.8. The zero-order chi connectivity index (χ0) is 68.7. The van der Waals surface area contributed by atoms with Crippen LogP contribution in [0.2, 0.25) is 0 Å². The summed E-state index contributed by atoms with van der Waals surface area (Å²) in [5.41, 5.74) is 0. The number of phosphoric acid groups is 2. The molecule has 17 nitrogen and oxygen atoms in total. The first-order valence-electron chi connectivity index (χ1n) is 38.3. The van der Waals surface area contributed by atoms with Crippen LogP contribution in [0.3, 0.4) is 0 Å². The Morgan fingerprint density at radius 1 is 0.290 bits per heavy atom. The van der Waals surface area contributed by atoms with Gasteiger partial charge in [0.05, 0.1) is 26.4 Å². The summed E-state index contributed by atoms with van der Waals surface area (Å²) in [6, 6.07) is 0. The normalized spacial score (nSPS) is 14.1. The molecular formula is C74H144O17P2. The van der Waals surface area contributed by atoms with Gasteiger partial charge in [0.25, 0.3) is 0 Å². The first-order chi connectivity index (χ1) is 44.7. The summed E-state index contributed by atoms with van der Waals surface area (Å²) in [6.45, 7) is 11.8. The first kappa shape index (κ1) is 91.1. The summed E-state index contributed by atoms with van der Waals surface area (Å²) in [5, 5.41) is 10.6. The Balaban J connectivity index is 5.25. The topological polar surface area (TPSA) is 237 Å². The summed E-state index contributed by atoms with van der Waals surface area (Å²) >= 11 is 0. The summed E-state index contributed by atoms with van der Waals surface area (Å²) in [6.07, 6.45) is 49.9. The Morgan fingerprint density at radius 2 is 0.495 bits per heavy atom. The number of hydrogen-bond acceptors (Lipinski definition) is 15.